The highest BCUT2D eigenvalue weighted by Gasteiger charge is 2.21. The summed E-state index contributed by atoms with van der Waals surface area (Å²) in [5.41, 5.74) is 1.83. The number of hydrogen-bond donors (Lipinski definition) is 0. The van der Waals surface area contributed by atoms with Crippen LogP contribution in [0.3, 0.4) is 0 Å². The van der Waals surface area contributed by atoms with Crippen LogP contribution in [0.4, 0.5) is 0 Å². The first-order valence-corrected chi connectivity index (χ1v) is 7.49. The van der Waals surface area contributed by atoms with Crippen molar-refractivity contribution in [3.63, 3.8) is 0 Å². The Hall–Kier alpha value is -0.700. The maximum Gasteiger partial charge on any atom is 0.133 e. The predicted octanol–water partition coefficient (Wildman–Crippen LogP) is 5.49. The van der Waals surface area contributed by atoms with Crippen LogP contribution in [0.15, 0.2) is 24.3 Å². The van der Waals surface area contributed by atoms with Gasteiger partial charge in [0.05, 0.1) is 16.4 Å². The second-order valence-electron chi connectivity index (χ2n) is 4.88. The number of benzene rings is 1. The Labute approximate surface area is 127 Å². The lowest BCUT2D eigenvalue weighted by atomic mass is 10.1. The van der Waals surface area contributed by atoms with Gasteiger partial charge < -0.3 is 0 Å². The molecule has 1 fully saturated rings. The molecule has 0 N–H and O–H groups in total. The number of aromatic nitrogens is 2. The van der Waals surface area contributed by atoms with Crippen LogP contribution in [0.5, 0.6) is 0 Å². The quantitative estimate of drug-likeness (QED) is 0.716. The van der Waals surface area contributed by atoms with Gasteiger partial charge in [0, 0.05) is 10.9 Å². The fourth-order valence-corrected chi connectivity index (χ4v) is 3.35. The van der Waals surface area contributed by atoms with Crippen molar-refractivity contribution in [1.29, 1.82) is 0 Å². The normalized spacial score (nSPS) is 16.2. The molecule has 1 saturated carbocycles. The average Bonchev–Trinajstić information content (AvgIpc) is 2.98. The molecule has 5 heteroatoms. The molecular formula is C14H13Cl3N2. The molecule has 1 aromatic heterocycles. The Morgan fingerprint density at radius 3 is 2.47 bits per heavy atom. The Bertz CT molecular complexity index is 601. The summed E-state index contributed by atoms with van der Waals surface area (Å²) in [5, 5.41) is 6.35. The van der Waals surface area contributed by atoms with Crippen molar-refractivity contribution in [3.05, 3.63) is 45.2 Å². The molecule has 2 nitrogen and oxygen atoms in total. The van der Waals surface area contributed by atoms with E-state index in [-0.39, 0.29) is 0 Å². The second-order valence-corrected chi connectivity index (χ2v) is 6.11. The molecule has 1 aromatic carbocycles. The molecule has 0 saturated heterocycles. The number of halogens is 3. The summed E-state index contributed by atoms with van der Waals surface area (Å²) in [7, 11) is 0. The van der Waals surface area contributed by atoms with Gasteiger partial charge >= 0.3 is 0 Å². The Morgan fingerprint density at radius 2 is 1.79 bits per heavy atom. The van der Waals surface area contributed by atoms with Crippen LogP contribution < -0.4 is 0 Å². The van der Waals surface area contributed by atoms with Crippen molar-refractivity contribution in [2.45, 2.75) is 31.6 Å². The fraction of sp³-hybridized carbons (Fsp3) is 0.357. The van der Waals surface area contributed by atoms with Crippen LogP contribution in [-0.2, 0) is 0 Å². The molecule has 100 valence electrons. The minimum Gasteiger partial charge on any atom is -0.220 e. The molecule has 0 spiro atoms. The van der Waals surface area contributed by atoms with Gasteiger partial charge in [-0.1, -0.05) is 47.6 Å². The summed E-state index contributed by atoms with van der Waals surface area (Å²) in [6.07, 6.45) is 4.94. The van der Waals surface area contributed by atoms with Gasteiger partial charge in [0.2, 0.25) is 0 Å². The lowest BCUT2D eigenvalue weighted by molar-refractivity contribution is 0.679. The van der Waals surface area contributed by atoms with E-state index in [1.54, 1.807) is 16.8 Å². The molecule has 0 atom stereocenters. The maximum absolute atomic E-state index is 6.28. The van der Waals surface area contributed by atoms with E-state index in [9.17, 15) is 0 Å². The summed E-state index contributed by atoms with van der Waals surface area (Å²) < 4.78 is 1.69. The lowest BCUT2D eigenvalue weighted by Crippen LogP contribution is -2.00. The van der Waals surface area contributed by atoms with Crippen molar-refractivity contribution in [2.24, 2.45) is 0 Å². The van der Waals surface area contributed by atoms with Gasteiger partial charge in [-0.25, -0.2) is 4.68 Å². The van der Waals surface area contributed by atoms with Crippen LogP contribution >= 0.6 is 34.8 Å². The molecule has 0 radical (unpaired) electrons. The van der Waals surface area contributed by atoms with E-state index in [4.69, 9.17) is 34.8 Å². The summed E-state index contributed by atoms with van der Waals surface area (Å²) in [5.74, 6) is 0.532. The Kier molecular flexibility index (Phi) is 3.75. The molecule has 0 unspecified atom stereocenters. The van der Waals surface area contributed by atoms with Crippen LogP contribution in [0.1, 0.15) is 37.3 Å². The molecule has 1 aliphatic rings. The van der Waals surface area contributed by atoms with Crippen molar-refractivity contribution in [1.82, 2.24) is 9.78 Å². The largest absolute Gasteiger partial charge is 0.220 e. The van der Waals surface area contributed by atoms with E-state index in [0.29, 0.717) is 21.1 Å². The molecule has 0 bridgehead atoms. The highest BCUT2D eigenvalue weighted by atomic mass is 35.5. The summed E-state index contributed by atoms with van der Waals surface area (Å²) in [4.78, 5) is 0. The number of nitrogens with zero attached hydrogens (tertiary/aromatic N) is 2. The second kappa shape index (κ2) is 5.35. The highest BCUT2D eigenvalue weighted by molar-refractivity contribution is 6.36. The smallest absolute Gasteiger partial charge is 0.133 e. The summed E-state index contributed by atoms with van der Waals surface area (Å²) >= 11 is 18.4. The minimum atomic E-state index is 0.532. The molecule has 2 aromatic rings. The van der Waals surface area contributed by atoms with Gasteiger partial charge in [0.15, 0.2) is 0 Å². The van der Waals surface area contributed by atoms with Crippen LogP contribution in [0.25, 0.3) is 5.69 Å². The molecular weight excluding hydrogens is 303 g/mol. The van der Waals surface area contributed by atoms with Gasteiger partial charge in [0.1, 0.15) is 5.15 Å². The third kappa shape index (κ3) is 2.62. The SMILES string of the molecule is Clc1ccc(-n2nc(C3CCCC3)cc2Cl)c(Cl)c1. The van der Waals surface area contributed by atoms with Crippen molar-refractivity contribution in [2.75, 3.05) is 0 Å². The van der Waals surface area contributed by atoms with Gasteiger partial charge in [-0.05, 0) is 37.1 Å². The first-order chi connectivity index (χ1) is 9.15. The minimum absolute atomic E-state index is 0.532. The molecule has 3 rings (SSSR count). The number of hydrogen-bond acceptors (Lipinski definition) is 1. The van der Waals surface area contributed by atoms with Gasteiger partial charge in [-0.2, -0.15) is 5.10 Å². The van der Waals surface area contributed by atoms with Crippen molar-refractivity contribution < 1.29 is 0 Å². The Morgan fingerprint density at radius 1 is 1.05 bits per heavy atom. The van der Waals surface area contributed by atoms with E-state index >= 15 is 0 Å². The fourth-order valence-electron chi connectivity index (χ4n) is 2.62. The van der Waals surface area contributed by atoms with Crippen LogP contribution in [-0.4, -0.2) is 9.78 Å². The monoisotopic (exact) mass is 314 g/mol. The van der Waals surface area contributed by atoms with Crippen molar-refractivity contribution >= 4 is 34.8 Å². The zero-order valence-corrected chi connectivity index (χ0v) is 12.5. The molecule has 0 aliphatic heterocycles. The van der Waals surface area contributed by atoms with Crippen molar-refractivity contribution in [3.8, 4) is 5.69 Å². The predicted molar refractivity (Wildman–Crippen MR) is 79.8 cm³/mol. The summed E-state index contributed by atoms with van der Waals surface area (Å²) in [6, 6.07) is 7.27. The number of rotatable bonds is 2. The van der Waals surface area contributed by atoms with Gasteiger partial charge in [-0.3, -0.25) is 0 Å². The topological polar surface area (TPSA) is 17.8 Å². The third-order valence-corrected chi connectivity index (χ3v) is 4.40. The maximum atomic E-state index is 6.28. The Balaban J connectivity index is 2.00. The van der Waals surface area contributed by atoms with Gasteiger partial charge in [-0.15, -0.1) is 0 Å². The highest BCUT2D eigenvalue weighted by Crippen LogP contribution is 2.35. The summed E-state index contributed by atoms with van der Waals surface area (Å²) in [6.45, 7) is 0. The molecule has 1 heterocycles. The lowest BCUT2D eigenvalue weighted by Gasteiger charge is -2.07. The molecule has 1 aliphatic carbocycles. The molecule has 0 amide bonds. The standard InChI is InChI=1S/C14H13Cl3N2/c15-10-5-6-13(11(16)7-10)19-14(17)8-12(18-19)9-3-1-2-4-9/h5-9H,1-4H2. The zero-order chi connectivity index (χ0) is 13.4. The third-order valence-electron chi connectivity index (χ3n) is 3.60. The van der Waals surface area contributed by atoms with E-state index in [1.807, 2.05) is 12.1 Å². The van der Waals surface area contributed by atoms with Crippen LogP contribution in [0.2, 0.25) is 15.2 Å². The van der Waals surface area contributed by atoms with E-state index in [1.165, 1.54) is 25.7 Å². The van der Waals surface area contributed by atoms with E-state index < -0.39 is 0 Å². The van der Waals surface area contributed by atoms with E-state index in [0.717, 1.165) is 11.4 Å². The van der Waals surface area contributed by atoms with E-state index in [2.05, 4.69) is 5.10 Å². The van der Waals surface area contributed by atoms with Gasteiger partial charge in [0.25, 0.3) is 0 Å². The first kappa shape index (κ1) is 13.3. The average molecular weight is 316 g/mol. The zero-order valence-electron chi connectivity index (χ0n) is 10.2. The first-order valence-electron chi connectivity index (χ1n) is 6.36. The van der Waals surface area contributed by atoms with Crippen LogP contribution in [0, 0.1) is 0 Å². The molecule has 19 heavy (non-hydrogen) atoms.